The molecule has 2 fully saturated rings. The molecule has 0 aliphatic carbocycles. The number of carbonyl (C=O) groups is 12. The highest BCUT2D eigenvalue weighted by molar-refractivity contribution is 6.00. The van der Waals surface area contributed by atoms with Crippen molar-refractivity contribution in [2.24, 2.45) is 41.4 Å². The van der Waals surface area contributed by atoms with Crippen molar-refractivity contribution >= 4 is 71.1 Å². The van der Waals surface area contributed by atoms with E-state index in [1.165, 1.54) is 89.7 Å². The van der Waals surface area contributed by atoms with E-state index in [9.17, 15) is 33.9 Å². The molecule has 5 N–H and O–H groups in total. The third-order valence-corrected chi connectivity index (χ3v) is 19.2. The summed E-state index contributed by atoms with van der Waals surface area (Å²) in [5.74, 6) is -11.0. The number of hydrogen-bond donors (Lipinski definition) is 5. The van der Waals surface area contributed by atoms with Gasteiger partial charge in [-0.05, 0) is 109 Å². The fourth-order valence-corrected chi connectivity index (χ4v) is 12.5. The second-order valence-corrected chi connectivity index (χ2v) is 29.6. The summed E-state index contributed by atoms with van der Waals surface area (Å²) in [5, 5.41) is 23.3. The van der Waals surface area contributed by atoms with Crippen molar-refractivity contribution in [1.82, 2.24) is 65.4 Å². The van der Waals surface area contributed by atoms with Gasteiger partial charge in [-0.1, -0.05) is 102 Å². The van der Waals surface area contributed by atoms with Crippen molar-refractivity contribution < 1.29 is 72.1 Å². The van der Waals surface area contributed by atoms with Crippen molar-refractivity contribution in [2.45, 2.75) is 229 Å². The summed E-state index contributed by atoms with van der Waals surface area (Å²) in [5.41, 5.74) is 0. The molecule has 2 heterocycles. The van der Waals surface area contributed by atoms with Crippen molar-refractivity contribution in [1.29, 1.82) is 0 Å². The maximum absolute atomic E-state index is 15.3. The first-order valence-electron chi connectivity index (χ1n) is 35.6. The van der Waals surface area contributed by atoms with Gasteiger partial charge in [-0.3, -0.25) is 52.7 Å². The van der Waals surface area contributed by atoms with E-state index in [-0.39, 0.29) is 69.7 Å². The molecular formula is C71H127N13O15. The van der Waals surface area contributed by atoms with Gasteiger partial charge in [-0.25, -0.2) is 4.79 Å². The molecule has 28 nitrogen and oxygen atoms in total. The summed E-state index contributed by atoms with van der Waals surface area (Å²) in [6.45, 7) is 31.2. The van der Waals surface area contributed by atoms with Crippen LogP contribution in [-0.2, 0) is 62.2 Å². The molecule has 0 aromatic heterocycles. The van der Waals surface area contributed by atoms with Crippen LogP contribution in [0.3, 0.4) is 0 Å². The van der Waals surface area contributed by atoms with E-state index >= 15 is 28.8 Å². The number of allylic oxidation sites excluding steroid dienone is 2. The van der Waals surface area contributed by atoms with Crippen molar-refractivity contribution in [3.05, 3.63) is 12.2 Å². The molecule has 0 radical (unpaired) electrons. The average molecular weight is 1400 g/mol. The number of ether oxygens (including phenoxy) is 2. The third-order valence-electron chi connectivity index (χ3n) is 19.2. The molecule has 0 saturated carbocycles. The second kappa shape index (κ2) is 41.1. The molecule has 0 unspecified atom stereocenters. The van der Waals surface area contributed by atoms with E-state index in [1.54, 1.807) is 72.4 Å². The highest BCUT2D eigenvalue weighted by Gasteiger charge is 2.46. The van der Waals surface area contributed by atoms with Gasteiger partial charge >= 0.3 is 6.09 Å². The molecule has 12 amide bonds. The standard InChI is InChI=1S/C71H127N13O15/c1-26-28-29-46(13)59(85)58-63(89)74-51(27-2)66(92)77(19)50(17)65(91)82(24)57(47(14)40-98-36-37-99-71(97)84-34-32-76(18)33-35-84)62(88)75-55(44(9)10)69(95)78(20)52(31-30-41(3)4)61(87)72-48(15)60(86)73-49(16)64(90)79(21)53(38-42(5)6)67(93)80(22)54(39-43(7)8)68(94)81(23)56(45(11)12)70(96)83(58)25/h26,28,41-59,85H,27,29-40H2,1-25H3,(H,72,87)(H,73,86)(H,74,89)(H,75,88)/b28-26+/t46-,47-,48+,49-,50-,51+,52+,53+,54+,55+,56+,57+,58+,59-/m1/s1. The van der Waals surface area contributed by atoms with E-state index < -0.39 is 167 Å². The minimum absolute atomic E-state index is 0.0339. The Balaban J connectivity index is 3.01. The SMILES string of the molecule is C/C=C/C[C@@H](C)[C@@H](O)[C@H]1C(=O)N[C@@H](CC)C(=O)N(C)[C@H](C)C(=O)N(C)[C@@H]([C@H](C)COCCOC(=O)N2CCN(C)CC2)C(=O)N[C@@H](C(C)C)C(=O)N(C)[C@@H](CCC(C)C)C(=O)N[C@@H](C)C(=O)N[C@H](C)C(=O)N(C)[C@@H](CC(C)C)C(=O)N(C)[C@@H](CC(C)C)C(=O)N(C)[C@@H](C(C)C)C(=O)N1C. The van der Waals surface area contributed by atoms with Crippen LogP contribution in [-0.4, -0.2) is 295 Å². The maximum Gasteiger partial charge on any atom is 0.409 e. The molecule has 2 aliphatic heterocycles. The lowest BCUT2D eigenvalue weighted by molar-refractivity contribution is -0.157. The Morgan fingerprint density at radius 3 is 1.52 bits per heavy atom. The van der Waals surface area contributed by atoms with Gasteiger partial charge in [0.05, 0.1) is 19.3 Å². The van der Waals surface area contributed by atoms with E-state index in [0.717, 1.165) is 14.7 Å². The maximum atomic E-state index is 15.3. The Hall–Kier alpha value is -6.94. The van der Waals surface area contributed by atoms with Crippen LogP contribution in [0.2, 0.25) is 0 Å². The Morgan fingerprint density at radius 2 is 1.01 bits per heavy atom. The lowest BCUT2D eigenvalue weighted by atomic mass is 9.91. The first-order chi connectivity index (χ1) is 46.0. The molecule has 2 saturated heterocycles. The van der Waals surface area contributed by atoms with Gasteiger partial charge in [0.25, 0.3) is 0 Å². The summed E-state index contributed by atoms with van der Waals surface area (Å²) < 4.78 is 11.5. The second-order valence-electron chi connectivity index (χ2n) is 29.6. The molecule has 14 atom stereocenters. The van der Waals surface area contributed by atoms with Gasteiger partial charge in [0.1, 0.15) is 73.1 Å². The van der Waals surface area contributed by atoms with Gasteiger partial charge in [0.2, 0.25) is 65.0 Å². The molecule has 2 rings (SSSR count). The Bertz CT molecular complexity index is 2740. The van der Waals surface area contributed by atoms with Gasteiger partial charge in [-0.2, -0.15) is 0 Å². The molecular weight excluding hydrogens is 1270 g/mol. The molecule has 28 heteroatoms. The zero-order valence-electron chi connectivity index (χ0n) is 64.5. The van der Waals surface area contributed by atoms with Gasteiger partial charge in [-0.15, -0.1) is 0 Å². The van der Waals surface area contributed by atoms with Crippen LogP contribution in [0.5, 0.6) is 0 Å². The lowest BCUT2D eigenvalue weighted by Crippen LogP contribution is -2.64. The average Bonchev–Trinajstić information content (AvgIpc) is 0.794. The summed E-state index contributed by atoms with van der Waals surface area (Å²) in [6.07, 6.45) is 2.63. The fourth-order valence-electron chi connectivity index (χ4n) is 12.5. The number of aliphatic hydroxyl groups excluding tert-OH is 1. The van der Waals surface area contributed by atoms with Crippen molar-refractivity contribution in [3.63, 3.8) is 0 Å². The minimum Gasteiger partial charge on any atom is -0.447 e. The number of aliphatic hydroxyl groups is 1. The van der Waals surface area contributed by atoms with Crippen LogP contribution in [0.25, 0.3) is 0 Å². The predicted molar refractivity (Wildman–Crippen MR) is 379 cm³/mol. The third kappa shape index (κ3) is 25.0. The van der Waals surface area contributed by atoms with Crippen LogP contribution < -0.4 is 21.3 Å². The number of carbonyl (C=O) groups excluding carboxylic acids is 12. The Labute approximate surface area is 591 Å². The van der Waals surface area contributed by atoms with E-state index in [1.807, 2.05) is 48.6 Å². The van der Waals surface area contributed by atoms with Crippen LogP contribution >= 0.6 is 0 Å². The Kier molecular flexibility index (Phi) is 36.6. The highest BCUT2D eigenvalue weighted by atomic mass is 16.6. The van der Waals surface area contributed by atoms with Crippen LogP contribution in [0.1, 0.15) is 156 Å². The van der Waals surface area contributed by atoms with Crippen LogP contribution in [0.4, 0.5) is 4.79 Å². The zero-order valence-corrected chi connectivity index (χ0v) is 64.5. The predicted octanol–water partition coefficient (Wildman–Crippen LogP) is 3.04. The fraction of sp³-hybridized carbons (Fsp3) is 0.803. The summed E-state index contributed by atoms with van der Waals surface area (Å²) in [6, 6.07) is -14.4. The highest BCUT2D eigenvalue weighted by Crippen LogP contribution is 2.26. The first kappa shape index (κ1) is 88.1. The van der Waals surface area contributed by atoms with Gasteiger partial charge in [0.15, 0.2) is 0 Å². The Morgan fingerprint density at radius 1 is 0.515 bits per heavy atom. The molecule has 99 heavy (non-hydrogen) atoms. The monoisotopic (exact) mass is 1400 g/mol. The lowest BCUT2D eigenvalue weighted by Gasteiger charge is -2.41. The van der Waals surface area contributed by atoms with Crippen LogP contribution in [0, 0.1) is 41.4 Å². The molecule has 2 aliphatic rings. The van der Waals surface area contributed by atoms with Gasteiger partial charge in [0, 0.05) is 81.4 Å². The summed E-state index contributed by atoms with van der Waals surface area (Å²) >= 11 is 0. The number of nitrogens with zero attached hydrogens (tertiary/aromatic N) is 9. The molecule has 0 aromatic rings. The largest absolute Gasteiger partial charge is 0.447 e. The number of piperazine rings is 1. The summed E-state index contributed by atoms with van der Waals surface area (Å²) in [7, 11) is 11.8. The quantitative estimate of drug-likeness (QED) is 0.0864. The zero-order chi connectivity index (χ0) is 75.9. The van der Waals surface area contributed by atoms with Crippen molar-refractivity contribution in [3.8, 4) is 0 Å². The molecule has 0 spiro atoms. The number of likely N-dealkylation sites (N-methyl/N-ethyl adjacent to an activating group) is 8. The van der Waals surface area contributed by atoms with E-state index in [4.69, 9.17) is 9.47 Å². The molecule has 0 bridgehead atoms. The van der Waals surface area contributed by atoms with Gasteiger partial charge < -0.3 is 79.9 Å². The number of hydrogen-bond acceptors (Lipinski definition) is 16. The molecule has 566 valence electrons. The number of amides is 12. The minimum atomic E-state index is -1.66. The molecule has 0 aromatic carbocycles. The first-order valence-corrected chi connectivity index (χ1v) is 35.6. The van der Waals surface area contributed by atoms with E-state index in [2.05, 4.69) is 26.2 Å². The number of rotatable bonds is 20. The summed E-state index contributed by atoms with van der Waals surface area (Å²) in [4.78, 5) is 189. The van der Waals surface area contributed by atoms with E-state index in [0.29, 0.717) is 32.6 Å². The smallest absolute Gasteiger partial charge is 0.409 e. The van der Waals surface area contributed by atoms with Crippen molar-refractivity contribution in [2.75, 3.05) is 102 Å². The number of nitrogens with one attached hydrogen (secondary N) is 4. The topological polar surface area (TPSA) is 321 Å². The van der Waals surface area contributed by atoms with Crippen LogP contribution in [0.15, 0.2) is 12.2 Å². The normalized spacial score (nSPS) is 26.9.